The maximum Gasteiger partial charge on any atom is 0.201 e. The number of benzene rings is 1. The summed E-state index contributed by atoms with van der Waals surface area (Å²) in [6.07, 6.45) is 3.93. The molecule has 5 heteroatoms. The Bertz CT molecular complexity index is 632. The van der Waals surface area contributed by atoms with Gasteiger partial charge in [0.15, 0.2) is 0 Å². The fourth-order valence-corrected chi connectivity index (χ4v) is 3.57. The van der Waals surface area contributed by atoms with Gasteiger partial charge in [0.1, 0.15) is 0 Å². The molecule has 100 valence electrons. The van der Waals surface area contributed by atoms with Gasteiger partial charge < -0.3 is 10.3 Å². The molecule has 0 radical (unpaired) electrons. The lowest BCUT2D eigenvalue weighted by Gasteiger charge is -2.17. The molecule has 0 spiro atoms. The molecule has 1 unspecified atom stereocenters. The standard InChI is InChI=1S/C14H17BrN4/c15-9-1-4-12-13(7-9)19(14(16)17-12)11-5-6-18(8-11)10-2-3-10/h1,4,7,10-11H,2-3,5-6,8H2,(H2,16,17). The van der Waals surface area contributed by atoms with E-state index in [1.165, 1.54) is 25.8 Å². The van der Waals surface area contributed by atoms with Crippen molar-refractivity contribution in [3.8, 4) is 0 Å². The Labute approximate surface area is 120 Å². The van der Waals surface area contributed by atoms with Crippen LogP contribution in [0.3, 0.4) is 0 Å². The normalized spacial score (nSPS) is 24.4. The summed E-state index contributed by atoms with van der Waals surface area (Å²) < 4.78 is 3.31. The summed E-state index contributed by atoms with van der Waals surface area (Å²) in [4.78, 5) is 7.09. The minimum absolute atomic E-state index is 0.472. The van der Waals surface area contributed by atoms with Crippen molar-refractivity contribution in [1.82, 2.24) is 14.5 Å². The first-order chi connectivity index (χ1) is 9.22. The average Bonchev–Trinajstić information content (AvgIpc) is 3.03. The van der Waals surface area contributed by atoms with Crippen LogP contribution < -0.4 is 5.73 Å². The number of anilines is 1. The second-order valence-electron chi connectivity index (χ2n) is 5.64. The highest BCUT2D eigenvalue weighted by Gasteiger charge is 2.35. The summed E-state index contributed by atoms with van der Waals surface area (Å²) >= 11 is 3.54. The number of halogens is 1. The van der Waals surface area contributed by atoms with Crippen LogP contribution in [0.15, 0.2) is 22.7 Å². The minimum Gasteiger partial charge on any atom is -0.369 e. The first kappa shape index (κ1) is 11.7. The SMILES string of the molecule is Nc1nc2ccc(Br)cc2n1C1CCN(C2CC2)C1. The molecule has 0 amide bonds. The van der Waals surface area contributed by atoms with Crippen molar-refractivity contribution >= 4 is 32.9 Å². The third-order valence-electron chi connectivity index (χ3n) is 4.30. The van der Waals surface area contributed by atoms with Crippen LogP contribution >= 0.6 is 15.9 Å². The van der Waals surface area contributed by atoms with Gasteiger partial charge in [0, 0.05) is 23.6 Å². The second-order valence-corrected chi connectivity index (χ2v) is 6.56. The predicted molar refractivity (Wildman–Crippen MR) is 80.1 cm³/mol. The number of hydrogen-bond donors (Lipinski definition) is 1. The maximum atomic E-state index is 6.14. The van der Waals surface area contributed by atoms with E-state index in [0.29, 0.717) is 12.0 Å². The van der Waals surface area contributed by atoms with E-state index < -0.39 is 0 Å². The van der Waals surface area contributed by atoms with E-state index in [9.17, 15) is 0 Å². The van der Waals surface area contributed by atoms with Gasteiger partial charge in [-0.3, -0.25) is 4.90 Å². The van der Waals surface area contributed by atoms with Crippen molar-refractivity contribution < 1.29 is 0 Å². The quantitative estimate of drug-likeness (QED) is 0.925. The van der Waals surface area contributed by atoms with E-state index in [4.69, 9.17) is 5.73 Å². The highest BCUT2D eigenvalue weighted by Crippen LogP contribution is 2.36. The topological polar surface area (TPSA) is 47.1 Å². The molecule has 1 aromatic carbocycles. The largest absolute Gasteiger partial charge is 0.369 e. The van der Waals surface area contributed by atoms with Gasteiger partial charge in [0.2, 0.25) is 5.95 Å². The molecule has 1 atom stereocenters. The lowest BCUT2D eigenvalue weighted by atomic mass is 10.2. The number of aromatic nitrogens is 2. The maximum absolute atomic E-state index is 6.14. The number of hydrogen-bond acceptors (Lipinski definition) is 3. The van der Waals surface area contributed by atoms with Crippen LogP contribution in [0.25, 0.3) is 11.0 Å². The first-order valence-electron chi connectivity index (χ1n) is 6.89. The molecule has 1 aliphatic heterocycles. The van der Waals surface area contributed by atoms with Crippen LogP contribution in [-0.2, 0) is 0 Å². The molecule has 1 aliphatic carbocycles. The fourth-order valence-electron chi connectivity index (χ4n) is 3.22. The lowest BCUT2D eigenvalue weighted by molar-refractivity contribution is 0.315. The highest BCUT2D eigenvalue weighted by molar-refractivity contribution is 9.10. The van der Waals surface area contributed by atoms with Gasteiger partial charge in [-0.25, -0.2) is 4.98 Å². The smallest absolute Gasteiger partial charge is 0.201 e. The zero-order valence-corrected chi connectivity index (χ0v) is 12.3. The number of fused-ring (bicyclic) bond motifs is 1. The molecule has 19 heavy (non-hydrogen) atoms. The van der Waals surface area contributed by atoms with Gasteiger partial charge in [-0.1, -0.05) is 15.9 Å². The van der Waals surface area contributed by atoms with Gasteiger partial charge in [0.25, 0.3) is 0 Å². The molecule has 4 rings (SSSR count). The Hall–Kier alpha value is -1.07. The predicted octanol–water partition coefficient (Wildman–Crippen LogP) is 2.79. The Morgan fingerprint density at radius 2 is 2.05 bits per heavy atom. The molecular formula is C14H17BrN4. The first-order valence-corrected chi connectivity index (χ1v) is 7.68. The summed E-state index contributed by atoms with van der Waals surface area (Å²) in [6.45, 7) is 2.31. The van der Waals surface area contributed by atoms with Gasteiger partial charge in [-0.2, -0.15) is 0 Å². The van der Waals surface area contributed by atoms with Gasteiger partial charge in [0.05, 0.1) is 17.1 Å². The van der Waals surface area contributed by atoms with Crippen LogP contribution in [0.5, 0.6) is 0 Å². The third kappa shape index (κ3) is 1.96. The van der Waals surface area contributed by atoms with Crippen molar-refractivity contribution in [3.63, 3.8) is 0 Å². The fraction of sp³-hybridized carbons (Fsp3) is 0.500. The molecule has 4 nitrogen and oxygen atoms in total. The Morgan fingerprint density at radius 1 is 1.21 bits per heavy atom. The van der Waals surface area contributed by atoms with E-state index in [0.717, 1.165) is 28.1 Å². The summed E-state index contributed by atoms with van der Waals surface area (Å²) in [5.74, 6) is 0.649. The summed E-state index contributed by atoms with van der Waals surface area (Å²) in [6, 6.07) is 7.48. The molecule has 1 saturated heterocycles. The number of likely N-dealkylation sites (tertiary alicyclic amines) is 1. The zero-order chi connectivity index (χ0) is 13.0. The Kier molecular flexibility index (Phi) is 2.60. The minimum atomic E-state index is 0.472. The Morgan fingerprint density at radius 3 is 2.84 bits per heavy atom. The van der Waals surface area contributed by atoms with Crippen molar-refractivity contribution in [1.29, 1.82) is 0 Å². The monoisotopic (exact) mass is 320 g/mol. The van der Waals surface area contributed by atoms with Gasteiger partial charge >= 0.3 is 0 Å². The van der Waals surface area contributed by atoms with Crippen LogP contribution in [0.4, 0.5) is 5.95 Å². The summed E-state index contributed by atoms with van der Waals surface area (Å²) in [5.41, 5.74) is 8.28. The summed E-state index contributed by atoms with van der Waals surface area (Å²) in [5, 5.41) is 0. The van der Waals surface area contributed by atoms with Crippen LogP contribution in [0, 0.1) is 0 Å². The molecule has 0 bridgehead atoms. The van der Waals surface area contributed by atoms with E-state index in [-0.39, 0.29) is 0 Å². The van der Waals surface area contributed by atoms with E-state index in [1.54, 1.807) is 0 Å². The number of rotatable bonds is 2. The lowest BCUT2D eigenvalue weighted by Crippen LogP contribution is -2.24. The molecule has 2 N–H and O–H groups in total. The molecule has 2 aliphatic rings. The number of nitrogen functional groups attached to an aromatic ring is 1. The van der Waals surface area contributed by atoms with Crippen molar-refractivity contribution in [3.05, 3.63) is 22.7 Å². The van der Waals surface area contributed by atoms with Crippen molar-refractivity contribution in [2.75, 3.05) is 18.8 Å². The zero-order valence-electron chi connectivity index (χ0n) is 10.7. The number of nitrogens with two attached hydrogens (primary N) is 1. The van der Waals surface area contributed by atoms with E-state index >= 15 is 0 Å². The average molecular weight is 321 g/mol. The van der Waals surface area contributed by atoms with Crippen molar-refractivity contribution in [2.24, 2.45) is 0 Å². The molecule has 2 aromatic rings. The molecule has 2 heterocycles. The molecule has 2 fully saturated rings. The summed E-state index contributed by atoms with van der Waals surface area (Å²) in [7, 11) is 0. The second kappa shape index (κ2) is 4.21. The van der Waals surface area contributed by atoms with Gasteiger partial charge in [-0.15, -0.1) is 0 Å². The molecule has 1 saturated carbocycles. The molecular weight excluding hydrogens is 304 g/mol. The highest BCUT2D eigenvalue weighted by atomic mass is 79.9. The number of imidazole rings is 1. The number of nitrogens with zero attached hydrogens (tertiary/aromatic N) is 3. The van der Waals surface area contributed by atoms with Crippen LogP contribution in [0.1, 0.15) is 25.3 Å². The molecule has 1 aromatic heterocycles. The van der Waals surface area contributed by atoms with Gasteiger partial charge in [-0.05, 0) is 37.5 Å². The Balaban J connectivity index is 1.73. The third-order valence-corrected chi connectivity index (χ3v) is 4.80. The van der Waals surface area contributed by atoms with E-state index in [1.807, 2.05) is 12.1 Å². The van der Waals surface area contributed by atoms with E-state index in [2.05, 4.69) is 36.4 Å². The van der Waals surface area contributed by atoms with Crippen molar-refractivity contribution in [2.45, 2.75) is 31.3 Å². The van der Waals surface area contributed by atoms with Crippen LogP contribution in [0.2, 0.25) is 0 Å². The van der Waals surface area contributed by atoms with Crippen LogP contribution in [-0.4, -0.2) is 33.6 Å².